The second kappa shape index (κ2) is 10.1. The summed E-state index contributed by atoms with van der Waals surface area (Å²) in [6.45, 7) is 7.98. The van der Waals surface area contributed by atoms with E-state index in [0.717, 1.165) is 64.5 Å². The molecule has 0 aliphatic carbocycles. The molecule has 2 saturated heterocycles. The highest BCUT2D eigenvalue weighted by atomic mass is 16.5. The Kier molecular flexibility index (Phi) is 7.25. The van der Waals surface area contributed by atoms with Crippen LogP contribution in [0.4, 0.5) is 5.82 Å². The van der Waals surface area contributed by atoms with Gasteiger partial charge in [0.1, 0.15) is 18.5 Å². The minimum Gasteiger partial charge on any atom is -0.365 e. The molecule has 3 rings (SSSR count). The second-order valence-corrected chi connectivity index (χ2v) is 7.15. The minimum absolute atomic E-state index is 0.153. The fourth-order valence-corrected chi connectivity index (χ4v) is 3.49. The highest BCUT2D eigenvalue weighted by molar-refractivity contribution is 5.73. The molecule has 0 atom stereocenters. The average Bonchev–Trinajstić information content (AvgIpc) is 2.74. The number of nitriles is 1. The molecule has 0 unspecified atom stereocenters. The van der Waals surface area contributed by atoms with E-state index in [1.54, 1.807) is 19.2 Å². The number of pyridine rings is 1. The van der Waals surface area contributed by atoms with Crippen LogP contribution in [0.3, 0.4) is 0 Å². The van der Waals surface area contributed by atoms with Crippen molar-refractivity contribution in [1.29, 1.82) is 5.26 Å². The van der Waals surface area contributed by atoms with Crippen molar-refractivity contribution in [2.24, 2.45) is 0 Å². The summed E-state index contributed by atoms with van der Waals surface area (Å²) in [5.41, 5.74) is 0.585. The molecule has 0 saturated carbocycles. The number of ether oxygens (including phenoxy) is 1. The van der Waals surface area contributed by atoms with E-state index in [1.807, 2.05) is 11.0 Å². The molecule has 1 amide bonds. The third kappa shape index (κ3) is 5.69. The summed E-state index contributed by atoms with van der Waals surface area (Å²) in [4.78, 5) is 22.1. The third-order valence-electron chi connectivity index (χ3n) is 5.28. The minimum atomic E-state index is 0.153. The van der Waals surface area contributed by atoms with Gasteiger partial charge in [0.15, 0.2) is 0 Å². The summed E-state index contributed by atoms with van der Waals surface area (Å²) in [5.74, 6) is 7.37. The van der Waals surface area contributed by atoms with Gasteiger partial charge in [0, 0.05) is 52.4 Å². The van der Waals surface area contributed by atoms with E-state index < -0.39 is 0 Å². The number of aromatic nitrogens is 1. The Morgan fingerprint density at radius 3 is 2.54 bits per heavy atom. The zero-order valence-electron chi connectivity index (χ0n) is 16.4. The van der Waals surface area contributed by atoms with Gasteiger partial charge in [0.2, 0.25) is 5.91 Å². The van der Waals surface area contributed by atoms with Crippen LogP contribution in [0.1, 0.15) is 25.3 Å². The van der Waals surface area contributed by atoms with E-state index in [1.165, 1.54) is 0 Å². The number of piperazine rings is 1. The summed E-state index contributed by atoms with van der Waals surface area (Å²) in [6.07, 6.45) is 3.77. The normalized spacial score (nSPS) is 18.3. The molecule has 7 nitrogen and oxygen atoms in total. The predicted molar refractivity (Wildman–Crippen MR) is 107 cm³/mol. The summed E-state index contributed by atoms with van der Waals surface area (Å²) in [7, 11) is 0. The monoisotopic (exact) mass is 381 g/mol. The Bertz CT molecular complexity index is 746. The molecule has 0 N–H and O–H groups in total. The van der Waals surface area contributed by atoms with Crippen LogP contribution in [0.15, 0.2) is 18.3 Å². The topological polar surface area (TPSA) is 72.7 Å². The van der Waals surface area contributed by atoms with Gasteiger partial charge in [-0.2, -0.15) is 5.26 Å². The first-order chi connectivity index (χ1) is 13.7. The van der Waals surface area contributed by atoms with Crippen LogP contribution in [-0.4, -0.2) is 79.2 Å². The summed E-state index contributed by atoms with van der Waals surface area (Å²) < 4.78 is 5.91. The molecule has 148 valence electrons. The van der Waals surface area contributed by atoms with Crippen LogP contribution >= 0.6 is 0 Å². The van der Waals surface area contributed by atoms with Crippen molar-refractivity contribution in [3.8, 4) is 17.9 Å². The van der Waals surface area contributed by atoms with Gasteiger partial charge in [0.25, 0.3) is 0 Å². The number of rotatable bonds is 4. The van der Waals surface area contributed by atoms with Crippen molar-refractivity contribution in [3.63, 3.8) is 0 Å². The van der Waals surface area contributed by atoms with Crippen molar-refractivity contribution >= 4 is 11.7 Å². The summed E-state index contributed by atoms with van der Waals surface area (Å²) >= 11 is 0. The van der Waals surface area contributed by atoms with Gasteiger partial charge >= 0.3 is 0 Å². The van der Waals surface area contributed by atoms with Crippen LogP contribution in [0.2, 0.25) is 0 Å². The first-order valence-electron chi connectivity index (χ1n) is 9.82. The Morgan fingerprint density at radius 1 is 1.18 bits per heavy atom. The lowest BCUT2D eigenvalue weighted by Crippen LogP contribution is -2.47. The number of carbonyl (C=O) groups excluding carboxylic acids is 1. The standard InChI is InChI=1S/C21H27N5O2/c1-18(27)25-13-11-24(12-14-25)8-2-3-15-28-20-6-9-26(10-7-20)21-5-4-19(16-22)17-23-21/h4-5,17,20H,6-15H2,1H3. The van der Waals surface area contributed by atoms with E-state index >= 15 is 0 Å². The molecule has 1 aromatic rings. The van der Waals surface area contributed by atoms with Gasteiger partial charge in [-0.25, -0.2) is 4.98 Å². The number of amides is 1. The average molecular weight is 381 g/mol. The highest BCUT2D eigenvalue weighted by Gasteiger charge is 2.20. The smallest absolute Gasteiger partial charge is 0.219 e. The van der Waals surface area contributed by atoms with Gasteiger partial charge < -0.3 is 14.5 Å². The Balaban J connectivity index is 1.31. The summed E-state index contributed by atoms with van der Waals surface area (Å²) in [6, 6.07) is 5.80. The molecular weight excluding hydrogens is 354 g/mol. The number of hydrogen-bond donors (Lipinski definition) is 0. The molecule has 1 aromatic heterocycles. The Hall–Kier alpha value is -2.61. The van der Waals surface area contributed by atoms with Crippen LogP contribution in [-0.2, 0) is 9.53 Å². The molecule has 2 aliphatic heterocycles. The fraction of sp³-hybridized carbons (Fsp3) is 0.571. The molecule has 3 heterocycles. The van der Waals surface area contributed by atoms with Crippen molar-refractivity contribution in [2.45, 2.75) is 25.9 Å². The first-order valence-corrected chi connectivity index (χ1v) is 9.82. The molecule has 0 radical (unpaired) electrons. The molecule has 2 fully saturated rings. The number of hydrogen-bond acceptors (Lipinski definition) is 6. The van der Waals surface area contributed by atoms with Crippen molar-refractivity contribution in [3.05, 3.63) is 23.9 Å². The molecule has 2 aliphatic rings. The van der Waals surface area contributed by atoms with Crippen LogP contribution in [0.25, 0.3) is 0 Å². The van der Waals surface area contributed by atoms with E-state index in [4.69, 9.17) is 10.00 Å². The summed E-state index contributed by atoms with van der Waals surface area (Å²) in [5, 5.41) is 8.85. The van der Waals surface area contributed by atoms with E-state index in [-0.39, 0.29) is 12.0 Å². The van der Waals surface area contributed by atoms with Gasteiger partial charge in [-0.1, -0.05) is 11.8 Å². The maximum absolute atomic E-state index is 11.3. The lowest BCUT2D eigenvalue weighted by Gasteiger charge is -2.33. The van der Waals surface area contributed by atoms with E-state index in [2.05, 4.69) is 32.7 Å². The maximum Gasteiger partial charge on any atom is 0.219 e. The lowest BCUT2D eigenvalue weighted by atomic mass is 10.1. The lowest BCUT2D eigenvalue weighted by molar-refractivity contribution is -0.130. The second-order valence-electron chi connectivity index (χ2n) is 7.15. The molecule has 7 heteroatoms. The van der Waals surface area contributed by atoms with Crippen LogP contribution in [0.5, 0.6) is 0 Å². The quantitative estimate of drug-likeness (QED) is 0.728. The molecule has 0 aromatic carbocycles. The number of carbonyl (C=O) groups is 1. The van der Waals surface area contributed by atoms with Gasteiger partial charge in [-0.05, 0) is 25.0 Å². The molecule has 28 heavy (non-hydrogen) atoms. The molecule has 0 spiro atoms. The fourth-order valence-electron chi connectivity index (χ4n) is 3.49. The zero-order valence-corrected chi connectivity index (χ0v) is 16.4. The number of piperidine rings is 1. The van der Waals surface area contributed by atoms with Crippen LogP contribution in [0, 0.1) is 23.2 Å². The zero-order chi connectivity index (χ0) is 19.8. The van der Waals surface area contributed by atoms with E-state index in [0.29, 0.717) is 12.2 Å². The Labute approximate surface area is 166 Å². The largest absolute Gasteiger partial charge is 0.365 e. The van der Waals surface area contributed by atoms with Gasteiger partial charge in [-0.15, -0.1) is 0 Å². The molecular formula is C21H27N5O2. The third-order valence-corrected chi connectivity index (χ3v) is 5.28. The van der Waals surface area contributed by atoms with Crippen LogP contribution < -0.4 is 4.90 Å². The number of nitrogens with zero attached hydrogens (tertiary/aromatic N) is 5. The van der Waals surface area contributed by atoms with Crippen molar-refractivity contribution < 1.29 is 9.53 Å². The predicted octanol–water partition coefficient (Wildman–Crippen LogP) is 1.11. The highest BCUT2D eigenvalue weighted by Crippen LogP contribution is 2.19. The Morgan fingerprint density at radius 2 is 1.93 bits per heavy atom. The number of anilines is 1. The van der Waals surface area contributed by atoms with Crippen molar-refractivity contribution in [2.75, 3.05) is 57.3 Å². The van der Waals surface area contributed by atoms with Gasteiger partial charge in [0.05, 0.1) is 18.2 Å². The SMILES string of the molecule is CC(=O)N1CCN(CC#CCOC2CCN(c3ccc(C#N)cn3)CC2)CC1. The van der Waals surface area contributed by atoms with Gasteiger partial charge in [-0.3, -0.25) is 9.69 Å². The first kappa shape index (κ1) is 20.1. The van der Waals surface area contributed by atoms with E-state index in [9.17, 15) is 4.79 Å². The van der Waals surface area contributed by atoms with Crippen molar-refractivity contribution in [1.82, 2.24) is 14.8 Å². The maximum atomic E-state index is 11.3. The molecule has 0 bridgehead atoms.